The highest BCUT2D eigenvalue weighted by Gasteiger charge is 2.21. The van der Waals surface area contributed by atoms with Crippen LogP contribution in [0.1, 0.15) is 17.7 Å². The Morgan fingerprint density at radius 1 is 1.21 bits per heavy atom. The average Bonchev–Trinajstić information content (AvgIpc) is 2.43. The van der Waals surface area contributed by atoms with Crippen molar-refractivity contribution in [3.63, 3.8) is 0 Å². The van der Waals surface area contributed by atoms with Gasteiger partial charge in [0.2, 0.25) is 0 Å². The zero-order valence-electron chi connectivity index (χ0n) is 10.2. The molecule has 5 heteroatoms. The second-order valence-corrected chi connectivity index (χ2v) is 4.67. The highest BCUT2D eigenvalue weighted by Crippen LogP contribution is 2.24. The SMILES string of the molecule is Fc1cncc(F)c1NC1CCc2ncccc2C1. The Morgan fingerprint density at radius 3 is 2.79 bits per heavy atom. The van der Waals surface area contributed by atoms with Gasteiger partial charge in [0, 0.05) is 17.9 Å². The maximum Gasteiger partial charge on any atom is 0.167 e. The molecule has 0 aromatic carbocycles. The first kappa shape index (κ1) is 12.0. The topological polar surface area (TPSA) is 37.8 Å². The number of rotatable bonds is 2. The Balaban J connectivity index is 1.79. The van der Waals surface area contributed by atoms with Gasteiger partial charge in [-0.25, -0.2) is 8.78 Å². The van der Waals surface area contributed by atoms with Crippen LogP contribution in [0, 0.1) is 11.6 Å². The minimum Gasteiger partial charge on any atom is -0.377 e. The van der Waals surface area contributed by atoms with Gasteiger partial charge in [0.25, 0.3) is 0 Å². The summed E-state index contributed by atoms with van der Waals surface area (Å²) in [6.07, 6.45) is 6.17. The van der Waals surface area contributed by atoms with Gasteiger partial charge < -0.3 is 5.32 Å². The number of anilines is 1. The summed E-state index contributed by atoms with van der Waals surface area (Å²) in [5.41, 5.74) is 2.13. The van der Waals surface area contributed by atoms with Crippen LogP contribution in [0.4, 0.5) is 14.5 Å². The third kappa shape index (κ3) is 2.41. The van der Waals surface area contributed by atoms with Crippen LogP contribution in [-0.2, 0) is 12.8 Å². The molecule has 0 saturated heterocycles. The van der Waals surface area contributed by atoms with Gasteiger partial charge in [-0.05, 0) is 30.9 Å². The van der Waals surface area contributed by atoms with E-state index < -0.39 is 11.6 Å². The zero-order valence-corrected chi connectivity index (χ0v) is 10.2. The van der Waals surface area contributed by atoms with Crippen LogP contribution < -0.4 is 5.32 Å². The van der Waals surface area contributed by atoms with Crippen LogP contribution in [-0.4, -0.2) is 16.0 Å². The van der Waals surface area contributed by atoms with Gasteiger partial charge in [-0.2, -0.15) is 0 Å². The molecule has 1 atom stereocenters. The fourth-order valence-electron chi connectivity index (χ4n) is 2.44. The van der Waals surface area contributed by atoms with Crippen LogP contribution in [0.3, 0.4) is 0 Å². The Bertz CT molecular complexity index is 581. The average molecular weight is 261 g/mol. The van der Waals surface area contributed by atoms with E-state index in [-0.39, 0.29) is 11.7 Å². The van der Waals surface area contributed by atoms with E-state index in [1.807, 2.05) is 12.1 Å². The Hall–Kier alpha value is -2.04. The molecule has 1 unspecified atom stereocenters. The number of hydrogen-bond acceptors (Lipinski definition) is 3. The first-order valence-electron chi connectivity index (χ1n) is 6.22. The molecule has 98 valence electrons. The molecule has 0 spiro atoms. The number of hydrogen-bond donors (Lipinski definition) is 1. The monoisotopic (exact) mass is 261 g/mol. The van der Waals surface area contributed by atoms with E-state index in [4.69, 9.17) is 0 Å². The minimum absolute atomic E-state index is 0.0168. The standard InChI is InChI=1S/C14H13F2N3/c15-11-7-17-8-12(16)14(11)19-10-3-4-13-9(6-10)2-1-5-18-13/h1-2,5,7-8,10H,3-4,6H2,(H,17,19). The molecule has 2 aromatic rings. The maximum atomic E-state index is 13.5. The summed E-state index contributed by atoms with van der Waals surface area (Å²) in [5, 5.41) is 2.94. The molecule has 19 heavy (non-hydrogen) atoms. The maximum absolute atomic E-state index is 13.5. The van der Waals surface area contributed by atoms with Crippen molar-refractivity contribution in [1.82, 2.24) is 9.97 Å². The lowest BCUT2D eigenvalue weighted by Gasteiger charge is -2.25. The quantitative estimate of drug-likeness (QED) is 0.903. The second kappa shape index (κ2) is 4.91. The van der Waals surface area contributed by atoms with E-state index in [9.17, 15) is 8.78 Å². The number of halogens is 2. The Kier molecular flexibility index (Phi) is 3.11. The molecular weight excluding hydrogens is 248 g/mol. The summed E-state index contributed by atoms with van der Waals surface area (Å²) in [7, 11) is 0. The van der Waals surface area contributed by atoms with Gasteiger partial charge in [0.05, 0.1) is 12.4 Å². The highest BCUT2D eigenvalue weighted by atomic mass is 19.1. The van der Waals surface area contributed by atoms with Crippen molar-refractivity contribution in [2.75, 3.05) is 5.32 Å². The van der Waals surface area contributed by atoms with E-state index in [0.717, 1.165) is 42.9 Å². The number of aromatic nitrogens is 2. The van der Waals surface area contributed by atoms with E-state index in [1.54, 1.807) is 6.20 Å². The summed E-state index contributed by atoms with van der Waals surface area (Å²) in [6.45, 7) is 0. The lowest BCUT2D eigenvalue weighted by Crippen LogP contribution is -2.28. The highest BCUT2D eigenvalue weighted by molar-refractivity contribution is 5.46. The molecule has 0 radical (unpaired) electrons. The minimum atomic E-state index is -0.656. The number of aryl methyl sites for hydroxylation is 1. The predicted molar refractivity (Wildman–Crippen MR) is 67.8 cm³/mol. The summed E-state index contributed by atoms with van der Waals surface area (Å²) in [6, 6.07) is 3.91. The lowest BCUT2D eigenvalue weighted by molar-refractivity contribution is 0.554. The first-order chi connectivity index (χ1) is 9.24. The smallest absolute Gasteiger partial charge is 0.167 e. The van der Waals surface area contributed by atoms with Gasteiger partial charge in [0.1, 0.15) is 5.69 Å². The molecule has 2 aromatic heterocycles. The fourth-order valence-corrected chi connectivity index (χ4v) is 2.44. The third-order valence-corrected chi connectivity index (χ3v) is 3.38. The molecule has 1 aliphatic rings. The summed E-state index contributed by atoms with van der Waals surface area (Å²) >= 11 is 0. The number of nitrogens with zero attached hydrogens (tertiary/aromatic N) is 2. The summed E-state index contributed by atoms with van der Waals surface area (Å²) in [4.78, 5) is 7.78. The van der Waals surface area contributed by atoms with Crippen molar-refractivity contribution in [1.29, 1.82) is 0 Å². The van der Waals surface area contributed by atoms with Crippen LogP contribution >= 0.6 is 0 Å². The van der Waals surface area contributed by atoms with Crippen molar-refractivity contribution in [3.8, 4) is 0 Å². The molecule has 3 nitrogen and oxygen atoms in total. The Morgan fingerprint density at radius 2 is 2.00 bits per heavy atom. The van der Waals surface area contributed by atoms with E-state index in [2.05, 4.69) is 15.3 Å². The molecule has 0 aliphatic heterocycles. The van der Waals surface area contributed by atoms with Crippen LogP contribution in [0.5, 0.6) is 0 Å². The van der Waals surface area contributed by atoms with Gasteiger partial charge >= 0.3 is 0 Å². The van der Waals surface area contributed by atoms with Crippen LogP contribution in [0.2, 0.25) is 0 Å². The van der Waals surface area contributed by atoms with Gasteiger partial charge in [-0.1, -0.05) is 6.07 Å². The molecule has 1 N–H and O–H groups in total. The van der Waals surface area contributed by atoms with Crippen molar-refractivity contribution in [3.05, 3.63) is 53.6 Å². The number of fused-ring (bicyclic) bond motifs is 1. The molecule has 3 rings (SSSR count). The third-order valence-electron chi connectivity index (χ3n) is 3.38. The van der Waals surface area contributed by atoms with Gasteiger partial charge in [-0.15, -0.1) is 0 Å². The second-order valence-electron chi connectivity index (χ2n) is 4.67. The van der Waals surface area contributed by atoms with Crippen molar-refractivity contribution >= 4 is 5.69 Å². The number of nitrogens with one attached hydrogen (secondary N) is 1. The summed E-state index contributed by atoms with van der Waals surface area (Å²) < 4.78 is 27.0. The fraction of sp³-hybridized carbons (Fsp3) is 0.286. The van der Waals surface area contributed by atoms with Crippen molar-refractivity contribution in [2.45, 2.75) is 25.3 Å². The van der Waals surface area contributed by atoms with E-state index in [0.29, 0.717) is 0 Å². The predicted octanol–water partition coefficient (Wildman–Crippen LogP) is 2.72. The first-order valence-corrected chi connectivity index (χ1v) is 6.22. The molecular formula is C14H13F2N3. The lowest BCUT2D eigenvalue weighted by atomic mass is 9.92. The van der Waals surface area contributed by atoms with Crippen LogP contribution in [0.25, 0.3) is 0 Å². The molecule has 1 aliphatic carbocycles. The van der Waals surface area contributed by atoms with E-state index in [1.165, 1.54) is 0 Å². The molecule has 0 bridgehead atoms. The molecule has 0 fully saturated rings. The number of pyridine rings is 2. The van der Waals surface area contributed by atoms with Crippen molar-refractivity contribution < 1.29 is 8.78 Å². The molecule has 2 heterocycles. The Labute approximate surface area is 109 Å². The van der Waals surface area contributed by atoms with E-state index >= 15 is 0 Å². The summed E-state index contributed by atoms with van der Waals surface area (Å²) in [5.74, 6) is -1.31. The molecule has 0 saturated carbocycles. The van der Waals surface area contributed by atoms with Gasteiger partial charge in [0.15, 0.2) is 11.6 Å². The van der Waals surface area contributed by atoms with Gasteiger partial charge in [-0.3, -0.25) is 9.97 Å². The zero-order chi connectivity index (χ0) is 13.2. The molecule has 0 amide bonds. The van der Waals surface area contributed by atoms with Crippen LogP contribution in [0.15, 0.2) is 30.7 Å². The normalized spacial score (nSPS) is 17.9. The largest absolute Gasteiger partial charge is 0.377 e. The van der Waals surface area contributed by atoms with Crippen molar-refractivity contribution in [2.24, 2.45) is 0 Å².